The monoisotopic (exact) mass is 169 g/mol. The summed E-state index contributed by atoms with van der Waals surface area (Å²) in [6, 6.07) is 4.01. The lowest BCUT2D eigenvalue weighted by atomic mass is 10.3. The van der Waals surface area contributed by atoms with E-state index in [4.69, 9.17) is 5.73 Å². The summed E-state index contributed by atoms with van der Waals surface area (Å²) in [4.78, 5) is 3.65. The molecule has 1 heterocycles. The summed E-state index contributed by atoms with van der Waals surface area (Å²) in [7, 11) is 0. The Hall–Kier alpha value is -1.65. The fourth-order valence-corrected chi connectivity index (χ4v) is 1.05. The Balaban J connectivity index is 2.95. The topological polar surface area (TPSA) is 43.8 Å². The first-order valence-corrected chi connectivity index (χ1v) is 3.29. The third-order valence-corrected chi connectivity index (χ3v) is 1.60. The van der Waals surface area contributed by atoms with Crippen molar-refractivity contribution in [3.05, 3.63) is 24.0 Å². The highest BCUT2D eigenvalue weighted by atomic mass is 19.2. The van der Waals surface area contributed by atoms with Crippen LogP contribution in [0.4, 0.5) is 14.8 Å². The van der Waals surface area contributed by atoms with E-state index in [1.807, 2.05) is 0 Å². The summed E-state index contributed by atoms with van der Waals surface area (Å²) < 4.78 is 25.8. The van der Waals surface area contributed by atoms with Gasteiger partial charge in [0.1, 0.15) is 11.0 Å². The number of nitrogen functional groups attached to an aromatic ring is 1. The zero-order chi connectivity index (χ0) is 8.72. The van der Waals surface area contributed by atoms with E-state index in [9.17, 15) is 8.87 Å². The van der Waals surface area contributed by atoms with Crippen molar-refractivity contribution in [2.24, 2.45) is 0 Å². The Kier molecular flexibility index (Phi) is 1.27. The normalized spacial score (nSPS) is 10.8. The molecule has 0 radical (unpaired) electrons. The number of hydrogen-bond donors (Lipinski definition) is 1. The SMILES string of the molecule is Nc1nc2c(F)cccc2n1F. The van der Waals surface area contributed by atoms with Gasteiger partial charge in [0.25, 0.3) is 0 Å². The lowest BCUT2D eigenvalue weighted by Crippen LogP contribution is -1.92. The lowest BCUT2D eigenvalue weighted by Gasteiger charge is -1.89. The molecular formula is C7H5F2N3. The van der Waals surface area contributed by atoms with Gasteiger partial charge in [0, 0.05) is 0 Å². The molecule has 1 aromatic carbocycles. The second-order valence-electron chi connectivity index (χ2n) is 2.36. The molecule has 0 aliphatic heterocycles. The number of anilines is 1. The fraction of sp³-hybridized carbons (Fsp3) is 0. The van der Waals surface area contributed by atoms with Crippen molar-refractivity contribution in [1.29, 1.82) is 0 Å². The van der Waals surface area contributed by atoms with Gasteiger partial charge < -0.3 is 5.73 Å². The van der Waals surface area contributed by atoms with E-state index in [0.717, 1.165) is 0 Å². The highest BCUT2D eigenvalue weighted by molar-refractivity contribution is 5.78. The Morgan fingerprint density at radius 3 is 2.83 bits per heavy atom. The number of nitrogens with zero attached hydrogens (tertiary/aromatic N) is 2. The number of para-hydroxylation sites is 1. The standard InChI is InChI=1S/C7H5F2N3/c8-4-2-1-3-5-6(4)11-7(10)12(5)9/h1-3H,(H2,10,11). The van der Waals surface area contributed by atoms with Crippen LogP contribution < -0.4 is 5.73 Å². The molecule has 0 spiro atoms. The summed E-state index contributed by atoms with van der Waals surface area (Å²) in [5.74, 6) is -0.911. The molecule has 0 saturated heterocycles. The molecule has 2 aromatic rings. The highest BCUT2D eigenvalue weighted by Gasteiger charge is 2.10. The van der Waals surface area contributed by atoms with Crippen molar-refractivity contribution in [2.75, 3.05) is 5.73 Å². The van der Waals surface area contributed by atoms with Crippen LogP contribution >= 0.6 is 0 Å². The predicted molar refractivity (Wildman–Crippen MR) is 40.6 cm³/mol. The van der Waals surface area contributed by atoms with Crippen molar-refractivity contribution < 1.29 is 8.87 Å². The third-order valence-electron chi connectivity index (χ3n) is 1.60. The molecule has 3 nitrogen and oxygen atoms in total. The van der Waals surface area contributed by atoms with Gasteiger partial charge >= 0.3 is 0 Å². The van der Waals surface area contributed by atoms with Gasteiger partial charge in [-0.05, 0) is 12.1 Å². The first kappa shape index (κ1) is 7.02. The van der Waals surface area contributed by atoms with E-state index in [1.165, 1.54) is 18.2 Å². The van der Waals surface area contributed by atoms with Gasteiger partial charge in [-0.1, -0.05) is 10.5 Å². The van der Waals surface area contributed by atoms with Crippen LogP contribution in [0.1, 0.15) is 0 Å². The molecule has 0 atom stereocenters. The summed E-state index contributed by atoms with van der Waals surface area (Å²) in [6.45, 7) is 0. The van der Waals surface area contributed by atoms with E-state index in [1.54, 1.807) is 0 Å². The number of fused-ring (bicyclic) bond motifs is 1. The molecule has 0 aliphatic rings. The first-order valence-electron chi connectivity index (χ1n) is 3.29. The Morgan fingerprint density at radius 1 is 1.42 bits per heavy atom. The molecule has 0 bridgehead atoms. The molecular weight excluding hydrogens is 164 g/mol. The average Bonchev–Trinajstić information content (AvgIpc) is 2.32. The van der Waals surface area contributed by atoms with Crippen LogP contribution in [0, 0.1) is 5.82 Å². The molecule has 0 fully saturated rings. The molecule has 0 aliphatic carbocycles. The zero-order valence-electron chi connectivity index (χ0n) is 5.96. The van der Waals surface area contributed by atoms with E-state index >= 15 is 0 Å². The number of imidazole rings is 1. The van der Waals surface area contributed by atoms with Crippen LogP contribution in [0.25, 0.3) is 11.0 Å². The van der Waals surface area contributed by atoms with Crippen molar-refractivity contribution in [3.63, 3.8) is 0 Å². The molecule has 0 amide bonds. The van der Waals surface area contributed by atoms with Gasteiger partial charge in [0.15, 0.2) is 5.82 Å². The van der Waals surface area contributed by atoms with Gasteiger partial charge in [-0.3, -0.25) is 0 Å². The van der Waals surface area contributed by atoms with Crippen LogP contribution in [0.3, 0.4) is 0 Å². The second-order valence-corrected chi connectivity index (χ2v) is 2.36. The fourth-order valence-electron chi connectivity index (χ4n) is 1.05. The van der Waals surface area contributed by atoms with Crippen LogP contribution in [0.2, 0.25) is 0 Å². The molecule has 62 valence electrons. The molecule has 2 N–H and O–H groups in total. The minimum atomic E-state index is -0.574. The summed E-state index contributed by atoms with van der Waals surface area (Å²) in [6.07, 6.45) is 0. The molecule has 5 heteroatoms. The summed E-state index contributed by atoms with van der Waals surface area (Å²) in [5, 5.41) is 0. The van der Waals surface area contributed by atoms with Gasteiger partial charge in [-0.25, -0.2) is 9.37 Å². The maximum Gasteiger partial charge on any atom is 0.230 e. The molecule has 12 heavy (non-hydrogen) atoms. The molecule has 2 rings (SSSR count). The maximum absolute atomic E-state index is 12.9. The van der Waals surface area contributed by atoms with Crippen molar-refractivity contribution in [2.45, 2.75) is 0 Å². The predicted octanol–water partition coefficient (Wildman–Crippen LogP) is 1.49. The second kappa shape index (κ2) is 2.17. The number of nitrogens with two attached hydrogens (primary N) is 1. The Bertz CT molecular complexity index is 435. The van der Waals surface area contributed by atoms with E-state index < -0.39 is 5.82 Å². The number of rotatable bonds is 0. The molecule has 1 aromatic heterocycles. The Morgan fingerprint density at radius 2 is 2.17 bits per heavy atom. The van der Waals surface area contributed by atoms with Gasteiger partial charge in [-0.15, -0.1) is 4.79 Å². The van der Waals surface area contributed by atoms with Crippen molar-refractivity contribution in [3.8, 4) is 0 Å². The lowest BCUT2D eigenvalue weighted by molar-refractivity contribution is 0.393. The number of aromatic nitrogens is 2. The minimum Gasteiger partial charge on any atom is -0.367 e. The highest BCUT2D eigenvalue weighted by Crippen LogP contribution is 2.19. The Labute approximate surface area is 66.4 Å². The van der Waals surface area contributed by atoms with Gasteiger partial charge in [0.05, 0.1) is 0 Å². The minimum absolute atomic E-state index is 0.0440. The van der Waals surface area contributed by atoms with Crippen LogP contribution in [-0.2, 0) is 0 Å². The van der Waals surface area contributed by atoms with Crippen LogP contribution in [0.15, 0.2) is 18.2 Å². The van der Waals surface area contributed by atoms with Gasteiger partial charge in [0.2, 0.25) is 5.95 Å². The van der Waals surface area contributed by atoms with Crippen LogP contribution in [0.5, 0.6) is 0 Å². The summed E-state index contributed by atoms with van der Waals surface area (Å²) in [5.41, 5.74) is 5.14. The number of benzene rings is 1. The van der Waals surface area contributed by atoms with E-state index in [0.29, 0.717) is 0 Å². The summed E-state index contributed by atoms with van der Waals surface area (Å²) >= 11 is 0. The molecule has 0 unspecified atom stereocenters. The van der Waals surface area contributed by atoms with Gasteiger partial charge in [-0.2, -0.15) is 0 Å². The molecule has 0 saturated carbocycles. The largest absolute Gasteiger partial charge is 0.367 e. The smallest absolute Gasteiger partial charge is 0.230 e. The number of halogens is 2. The zero-order valence-corrected chi connectivity index (χ0v) is 5.96. The first-order chi connectivity index (χ1) is 5.70. The third kappa shape index (κ3) is 0.761. The van der Waals surface area contributed by atoms with E-state index in [-0.39, 0.29) is 21.8 Å². The quantitative estimate of drug-likeness (QED) is 0.649. The van der Waals surface area contributed by atoms with Crippen LogP contribution in [-0.4, -0.2) is 9.77 Å². The van der Waals surface area contributed by atoms with Crippen molar-refractivity contribution >= 4 is 17.0 Å². The maximum atomic E-state index is 12.9. The number of hydrogen-bond acceptors (Lipinski definition) is 2. The average molecular weight is 169 g/mol. The van der Waals surface area contributed by atoms with E-state index in [2.05, 4.69) is 4.98 Å². The van der Waals surface area contributed by atoms with Crippen molar-refractivity contribution in [1.82, 2.24) is 9.77 Å².